The van der Waals surface area contributed by atoms with Gasteiger partial charge >= 0.3 is 0 Å². The Bertz CT molecular complexity index is 1500. The highest BCUT2D eigenvalue weighted by Crippen LogP contribution is 2.24. The van der Waals surface area contributed by atoms with Crippen molar-refractivity contribution in [1.82, 2.24) is 19.9 Å². The molecule has 162 valence electrons. The van der Waals surface area contributed by atoms with Crippen LogP contribution in [0.5, 0.6) is 0 Å². The molecule has 5 aromatic rings. The molecule has 0 unspecified atom stereocenters. The highest BCUT2D eigenvalue weighted by Gasteiger charge is 2.11. The fourth-order valence-electron chi connectivity index (χ4n) is 3.61. The first-order valence-corrected chi connectivity index (χ1v) is 12.9. The molecule has 3 aromatic heterocycles. The Kier molecular flexibility index (Phi) is 5.36. The Balaban J connectivity index is 1.22. The van der Waals surface area contributed by atoms with Gasteiger partial charge in [0, 0.05) is 19.2 Å². The van der Waals surface area contributed by atoms with E-state index < -0.39 is 9.84 Å². The highest BCUT2D eigenvalue weighted by atomic mass is 32.2. The second-order valence-electron chi connectivity index (χ2n) is 7.66. The van der Waals surface area contributed by atoms with Crippen molar-refractivity contribution in [1.29, 1.82) is 0 Å². The topological polar surface area (TPSA) is 101 Å². The number of thiophene rings is 1. The second-order valence-corrected chi connectivity index (χ2v) is 10.6. The van der Waals surface area contributed by atoms with Gasteiger partial charge in [-0.05, 0) is 47.2 Å². The first-order valence-electron chi connectivity index (χ1n) is 10.1. The van der Waals surface area contributed by atoms with Gasteiger partial charge < -0.3 is 10.3 Å². The molecule has 0 aliphatic rings. The summed E-state index contributed by atoms with van der Waals surface area (Å²) in [5.74, 6) is 1.69. The zero-order valence-corrected chi connectivity index (χ0v) is 19.0. The average molecular weight is 464 g/mol. The number of anilines is 1. The predicted molar refractivity (Wildman–Crippen MR) is 128 cm³/mol. The van der Waals surface area contributed by atoms with Gasteiger partial charge in [0.25, 0.3) is 0 Å². The van der Waals surface area contributed by atoms with Gasteiger partial charge in [-0.2, -0.15) is 0 Å². The molecule has 0 radical (unpaired) electrons. The third-order valence-corrected chi connectivity index (χ3v) is 7.29. The molecule has 0 saturated carbocycles. The number of sulfone groups is 1. The Morgan fingerprint density at radius 2 is 1.81 bits per heavy atom. The molecule has 3 heterocycles. The van der Waals surface area contributed by atoms with Crippen molar-refractivity contribution in [2.45, 2.75) is 17.7 Å². The lowest BCUT2D eigenvalue weighted by atomic mass is 10.1. The minimum Gasteiger partial charge on any atom is -0.368 e. The van der Waals surface area contributed by atoms with Gasteiger partial charge in [-0.15, -0.1) is 11.3 Å². The molecule has 0 atom stereocenters. The van der Waals surface area contributed by atoms with Gasteiger partial charge in [-0.25, -0.2) is 23.4 Å². The number of aromatic amines is 1. The zero-order chi connectivity index (χ0) is 22.1. The average Bonchev–Trinajstić information content (AvgIpc) is 3.40. The quantitative estimate of drug-likeness (QED) is 0.375. The van der Waals surface area contributed by atoms with Crippen LogP contribution in [-0.2, 0) is 22.7 Å². The van der Waals surface area contributed by atoms with E-state index in [0.717, 1.165) is 51.4 Å². The predicted octanol–water partition coefficient (Wildman–Crippen LogP) is 4.22. The molecule has 0 spiro atoms. The summed E-state index contributed by atoms with van der Waals surface area (Å²) in [6, 6.07) is 15.4. The van der Waals surface area contributed by atoms with E-state index in [2.05, 4.69) is 49.5 Å². The van der Waals surface area contributed by atoms with Crippen molar-refractivity contribution in [2.24, 2.45) is 0 Å². The molecule has 5 rings (SSSR count). The van der Waals surface area contributed by atoms with Crippen molar-refractivity contribution in [3.8, 4) is 0 Å². The molecule has 7 nitrogen and oxygen atoms in total. The standard InChI is InChI=1S/C23H21N5O2S2/c1-32(29,30)17-6-7-18-20(13-17)28-21(27-18)12-16-4-2-15(3-5-16)8-10-24-23-22-19(9-11-31-22)25-14-26-23/h2-7,9,11,13-14H,8,10,12H2,1H3,(H,27,28)(H,24,25,26). The number of nitrogens with one attached hydrogen (secondary N) is 2. The summed E-state index contributed by atoms with van der Waals surface area (Å²) in [7, 11) is -3.24. The molecule has 0 bridgehead atoms. The van der Waals surface area contributed by atoms with Crippen LogP contribution >= 0.6 is 11.3 Å². The maximum Gasteiger partial charge on any atom is 0.175 e. The van der Waals surface area contributed by atoms with Crippen LogP contribution in [0.2, 0.25) is 0 Å². The Morgan fingerprint density at radius 3 is 2.62 bits per heavy atom. The molecule has 0 aliphatic heterocycles. The summed E-state index contributed by atoms with van der Waals surface area (Å²) in [6.45, 7) is 0.787. The van der Waals surface area contributed by atoms with Crippen LogP contribution < -0.4 is 5.32 Å². The largest absolute Gasteiger partial charge is 0.368 e. The summed E-state index contributed by atoms with van der Waals surface area (Å²) in [5, 5.41) is 5.43. The zero-order valence-electron chi connectivity index (χ0n) is 17.4. The van der Waals surface area contributed by atoms with Crippen molar-refractivity contribution in [2.75, 3.05) is 18.1 Å². The number of nitrogens with zero attached hydrogens (tertiary/aromatic N) is 3. The van der Waals surface area contributed by atoms with E-state index in [0.29, 0.717) is 11.3 Å². The number of aromatic nitrogens is 4. The third-order valence-electron chi connectivity index (χ3n) is 5.27. The van der Waals surface area contributed by atoms with Gasteiger partial charge in [-0.3, -0.25) is 0 Å². The Hall–Kier alpha value is -3.30. The number of hydrogen-bond donors (Lipinski definition) is 2. The fourth-order valence-corrected chi connectivity index (χ4v) is 5.07. The van der Waals surface area contributed by atoms with Gasteiger partial charge in [0.2, 0.25) is 0 Å². The monoisotopic (exact) mass is 463 g/mol. The number of rotatable bonds is 7. The fraction of sp³-hybridized carbons (Fsp3) is 0.174. The van der Waals surface area contributed by atoms with Crippen LogP contribution in [0.3, 0.4) is 0 Å². The van der Waals surface area contributed by atoms with E-state index in [1.807, 2.05) is 11.4 Å². The van der Waals surface area contributed by atoms with Gasteiger partial charge in [-0.1, -0.05) is 24.3 Å². The molecule has 32 heavy (non-hydrogen) atoms. The molecular formula is C23H21N5O2S2. The maximum absolute atomic E-state index is 11.8. The molecule has 0 fully saturated rings. The SMILES string of the molecule is CS(=O)(=O)c1ccc2nc(Cc3ccc(CCNc4ncnc5ccsc45)cc3)[nH]c2c1. The van der Waals surface area contributed by atoms with Crippen molar-refractivity contribution in [3.05, 3.63) is 77.2 Å². The number of fused-ring (bicyclic) bond motifs is 2. The molecule has 2 aromatic carbocycles. The number of hydrogen-bond acceptors (Lipinski definition) is 7. The molecular weight excluding hydrogens is 442 g/mol. The molecule has 0 saturated heterocycles. The number of H-pyrrole nitrogens is 1. The summed E-state index contributed by atoms with van der Waals surface area (Å²) >= 11 is 1.64. The van der Waals surface area contributed by atoms with Crippen LogP contribution in [0.25, 0.3) is 21.3 Å². The first-order chi connectivity index (χ1) is 15.5. The van der Waals surface area contributed by atoms with E-state index in [4.69, 9.17) is 0 Å². The van der Waals surface area contributed by atoms with E-state index >= 15 is 0 Å². The van der Waals surface area contributed by atoms with E-state index in [9.17, 15) is 8.42 Å². The van der Waals surface area contributed by atoms with Gasteiger partial charge in [0.1, 0.15) is 18.0 Å². The molecule has 2 N–H and O–H groups in total. The van der Waals surface area contributed by atoms with Crippen LogP contribution in [0, 0.1) is 0 Å². The van der Waals surface area contributed by atoms with E-state index in [1.165, 1.54) is 11.8 Å². The molecule has 0 aliphatic carbocycles. The van der Waals surface area contributed by atoms with Crippen LogP contribution in [0.1, 0.15) is 17.0 Å². The Labute approximate surface area is 189 Å². The number of benzene rings is 2. The number of imidazole rings is 1. The van der Waals surface area contributed by atoms with Gasteiger partial charge in [0.05, 0.1) is 26.1 Å². The minimum atomic E-state index is -3.24. The lowest BCUT2D eigenvalue weighted by molar-refractivity contribution is 0.602. The van der Waals surface area contributed by atoms with Crippen molar-refractivity contribution >= 4 is 48.2 Å². The first kappa shape index (κ1) is 20.6. The highest BCUT2D eigenvalue weighted by molar-refractivity contribution is 7.90. The molecule has 9 heteroatoms. The van der Waals surface area contributed by atoms with Crippen LogP contribution in [-0.4, -0.2) is 41.2 Å². The summed E-state index contributed by atoms with van der Waals surface area (Å²) in [4.78, 5) is 16.7. The van der Waals surface area contributed by atoms with E-state index in [-0.39, 0.29) is 0 Å². The van der Waals surface area contributed by atoms with Gasteiger partial charge in [0.15, 0.2) is 9.84 Å². The summed E-state index contributed by atoms with van der Waals surface area (Å²) < 4.78 is 24.6. The van der Waals surface area contributed by atoms with Crippen LogP contribution in [0.4, 0.5) is 5.82 Å². The van der Waals surface area contributed by atoms with Crippen LogP contribution in [0.15, 0.2) is 65.1 Å². The van der Waals surface area contributed by atoms with E-state index in [1.54, 1.807) is 35.9 Å². The summed E-state index contributed by atoms with van der Waals surface area (Å²) in [6.07, 6.45) is 4.33. The smallest absolute Gasteiger partial charge is 0.175 e. The normalized spacial score (nSPS) is 11.9. The summed E-state index contributed by atoms with van der Waals surface area (Å²) in [5.41, 5.74) is 4.84. The lowest BCUT2D eigenvalue weighted by Gasteiger charge is -2.07. The molecule has 0 amide bonds. The maximum atomic E-state index is 11.8. The van der Waals surface area contributed by atoms with Crippen molar-refractivity contribution in [3.63, 3.8) is 0 Å². The van der Waals surface area contributed by atoms with Crippen molar-refractivity contribution < 1.29 is 8.42 Å². The lowest BCUT2D eigenvalue weighted by Crippen LogP contribution is -2.06. The second kappa shape index (κ2) is 8.33. The minimum absolute atomic E-state index is 0.292. The Morgan fingerprint density at radius 1 is 1.00 bits per heavy atom. The third kappa shape index (κ3) is 4.35.